The lowest BCUT2D eigenvalue weighted by molar-refractivity contribution is 0.0215. The number of nitrogens with two attached hydrogens (primary N) is 1. The van der Waals surface area contributed by atoms with Crippen LogP contribution in [-0.4, -0.2) is 6.04 Å². The lowest BCUT2D eigenvalue weighted by Gasteiger charge is -2.22. The monoisotopic (exact) mass is 295 g/mol. The van der Waals surface area contributed by atoms with Gasteiger partial charge in [-0.05, 0) is 46.5 Å². The molecule has 2 rings (SSSR count). The van der Waals surface area contributed by atoms with Crippen LogP contribution in [0.4, 0.5) is 0 Å². The molecular weight excluding hydrogens is 278 g/mol. The average molecular weight is 296 g/mol. The highest BCUT2D eigenvalue weighted by Crippen LogP contribution is 2.25. The Balaban J connectivity index is 2.02. The predicted molar refractivity (Wildman–Crippen MR) is 81.6 cm³/mol. The van der Waals surface area contributed by atoms with Gasteiger partial charge in [0.25, 0.3) is 0 Å². The SMILES string of the molecule is CCC(N)C(OCc1ccc(Cl)cc1)c1ccsc1. The number of benzene rings is 1. The molecule has 19 heavy (non-hydrogen) atoms. The Labute approximate surface area is 123 Å². The van der Waals surface area contributed by atoms with Crippen LogP contribution in [0.5, 0.6) is 0 Å². The fraction of sp³-hybridized carbons (Fsp3) is 0.333. The smallest absolute Gasteiger partial charge is 0.0988 e. The van der Waals surface area contributed by atoms with Crippen LogP contribution in [0.1, 0.15) is 30.6 Å². The molecule has 0 amide bonds. The van der Waals surface area contributed by atoms with E-state index >= 15 is 0 Å². The summed E-state index contributed by atoms with van der Waals surface area (Å²) in [5.41, 5.74) is 8.42. The molecule has 0 bridgehead atoms. The standard InChI is InChI=1S/C15H18ClNOS/c1-2-14(17)15(12-7-8-19-10-12)18-9-11-3-5-13(16)6-4-11/h3-8,10,14-15H,2,9,17H2,1H3. The van der Waals surface area contributed by atoms with Crippen molar-refractivity contribution in [2.24, 2.45) is 5.73 Å². The van der Waals surface area contributed by atoms with Gasteiger partial charge in [-0.15, -0.1) is 0 Å². The second-order valence-corrected chi connectivity index (χ2v) is 5.70. The van der Waals surface area contributed by atoms with E-state index in [0.29, 0.717) is 6.61 Å². The molecule has 102 valence electrons. The number of rotatable bonds is 6. The van der Waals surface area contributed by atoms with E-state index in [1.165, 1.54) is 0 Å². The number of halogens is 1. The van der Waals surface area contributed by atoms with Gasteiger partial charge in [0, 0.05) is 11.1 Å². The molecule has 2 nitrogen and oxygen atoms in total. The number of hydrogen-bond donors (Lipinski definition) is 1. The van der Waals surface area contributed by atoms with E-state index in [2.05, 4.69) is 23.8 Å². The zero-order chi connectivity index (χ0) is 13.7. The molecule has 2 aromatic rings. The van der Waals surface area contributed by atoms with Crippen LogP contribution >= 0.6 is 22.9 Å². The van der Waals surface area contributed by atoms with E-state index in [9.17, 15) is 0 Å². The Bertz CT molecular complexity index is 483. The first-order valence-electron chi connectivity index (χ1n) is 6.34. The third kappa shape index (κ3) is 4.05. The van der Waals surface area contributed by atoms with Crippen LogP contribution in [0.3, 0.4) is 0 Å². The van der Waals surface area contributed by atoms with Crippen LogP contribution in [-0.2, 0) is 11.3 Å². The molecule has 0 aliphatic carbocycles. The fourth-order valence-corrected chi connectivity index (χ4v) is 2.69. The van der Waals surface area contributed by atoms with Crippen molar-refractivity contribution >= 4 is 22.9 Å². The Morgan fingerprint density at radius 1 is 1.26 bits per heavy atom. The van der Waals surface area contributed by atoms with Crippen molar-refractivity contribution in [3.63, 3.8) is 0 Å². The Hall–Kier alpha value is -0.870. The van der Waals surface area contributed by atoms with E-state index in [1.807, 2.05) is 24.3 Å². The fourth-order valence-electron chi connectivity index (χ4n) is 1.88. The highest BCUT2D eigenvalue weighted by atomic mass is 35.5. The van der Waals surface area contributed by atoms with E-state index in [4.69, 9.17) is 22.1 Å². The Kier molecular flexibility index (Phi) is 5.40. The molecule has 0 saturated carbocycles. The van der Waals surface area contributed by atoms with Crippen LogP contribution in [0, 0.1) is 0 Å². The highest BCUT2D eigenvalue weighted by molar-refractivity contribution is 7.07. The summed E-state index contributed by atoms with van der Waals surface area (Å²) in [6.07, 6.45) is 0.841. The molecule has 2 atom stereocenters. The van der Waals surface area contributed by atoms with Crippen molar-refractivity contribution < 1.29 is 4.74 Å². The van der Waals surface area contributed by atoms with Gasteiger partial charge in [0.05, 0.1) is 12.7 Å². The molecule has 0 fully saturated rings. The molecule has 4 heteroatoms. The minimum Gasteiger partial charge on any atom is -0.367 e. The van der Waals surface area contributed by atoms with Gasteiger partial charge in [-0.3, -0.25) is 0 Å². The van der Waals surface area contributed by atoms with Gasteiger partial charge < -0.3 is 10.5 Å². The summed E-state index contributed by atoms with van der Waals surface area (Å²) in [6.45, 7) is 2.63. The summed E-state index contributed by atoms with van der Waals surface area (Å²) in [7, 11) is 0. The first-order chi connectivity index (χ1) is 9.20. The zero-order valence-electron chi connectivity index (χ0n) is 10.9. The molecule has 0 radical (unpaired) electrons. The zero-order valence-corrected chi connectivity index (χ0v) is 12.5. The summed E-state index contributed by atoms with van der Waals surface area (Å²) >= 11 is 7.54. The van der Waals surface area contributed by atoms with Gasteiger partial charge >= 0.3 is 0 Å². The maximum absolute atomic E-state index is 6.16. The van der Waals surface area contributed by atoms with E-state index in [-0.39, 0.29) is 12.1 Å². The van der Waals surface area contributed by atoms with Gasteiger partial charge in [0.1, 0.15) is 0 Å². The van der Waals surface area contributed by atoms with Crippen molar-refractivity contribution in [2.75, 3.05) is 0 Å². The lowest BCUT2D eigenvalue weighted by Crippen LogP contribution is -2.29. The molecule has 2 N–H and O–H groups in total. The second-order valence-electron chi connectivity index (χ2n) is 4.49. The van der Waals surface area contributed by atoms with Crippen LogP contribution < -0.4 is 5.73 Å². The van der Waals surface area contributed by atoms with Crippen molar-refractivity contribution in [2.45, 2.75) is 32.1 Å². The molecule has 0 aliphatic heterocycles. The summed E-state index contributed by atoms with van der Waals surface area (Å²) in [4.78, 5) is 0. The first kappa shape index (κ1) is 14.5. The minimum absolute atomic E-state index is 0.0156. The third-order valence-corrected chi connectivity index (χ3v) is 4.03. The number of thiophene rings is 1. The van der Waals surface area contributed by atoms with Gasteiger partial charge in [0.15, 0.2) is 0 Å². The quantitative estimate of drug-likeness (QED) is 0.857. The molecule has 2 unspecified atom stereocenters. The van der Waals surface area contributed by atoms with Crippen molar-refractivity contribution in [1.29, 1.82) is 0 Å². The van der Waals surface area contributed by atoms with Crippen molar-refractivity contribution in [1.82, 2.24) is 0 Å². The predicted octanol–water partition coefficient (Wildman–Crippen LogP) is 4.40. The van der Waals surface area contributed by atoms with Crippen molar-refractivity contribution in [3.05, 3.63) is 57.2 Å². The van der Waals surface area contributed by atoms with Gasteiger partial charge in [-0.1, -0.05) is 30.7 Å². The van der Waals surface area contributed by atoms with E-state index in [0.717, 1.165) is 22.6 Å². The van der Waals surface area contributed by atoms with Crippen LogP contribution in [0.15, 0.2) is 41.1 Å². The van der Waals surface area contributed by atoms with Gasteiger partial charge in [-0.25, -0.2) is 0 Å². The normalized spacial score (nSPS) is 14.3. The summed E-state index contributed by atoms with van der Waals surface area (Å²) in [6, 6.07) is 9.79. The summed E-state index contributed by atoms with van der Waals surface area (Å²) < 4.78 is 6.00. The average Bonchev–Trinajstić information content (AvgIpc) is 2.94. The summed E-state index contributed by atoms with van der Waals surface area (Å²) in [5.74, 6) is 0. The molecule has 1 aromatic heterocycles. The minimum atomic E-state index is -0.0491. The second kappa shape index (κ2) is 7.06. The molecule has 1 aromatic carbocycles. The van der Waals surface area contributed by atoms with E-state index < -0.39 is 0 Å². The van der Waals surface area contributed by atoms with Crippen LogP contribution in [0.2, 0.25) is 5.02 Å². The first-order valence-corrected chi connectivity index (χ1v) is 7.66. The van der Waals surface area contributed by atoms with Gasteiger partial charge in [0.2, 0.25) is 0 Å². The van der Waals surface area contributed by atoms with E-state index in [1.54, 1.807) is 11.3 Å². The molecular formula is C15H18ClNOS. The topological polar surface area (TPSA) is 35.2 Å². The highest BCUT2D eigenvalue weighted by Gasteiger charge is 2.19. The number of ether oxygens (including phenoxy) is 1. The van der Waals surface area contributed by atoms with Gasteiger partial charge in [-0.2, -0.15) is 11.3 Å². The Morgan fingerprint density at radius 3 is 2.58 bits per heavy atom. The third-order valence-electron chi connectivity index (χ3n) is 3.07. The van der Waals surface area contributed by atoms with Crippen molar-refractivity contribution in [3.8, 4) is 0 Å². The van der Waals surface area contributed by atoms with Crippen LogP contribution in [0.25, 0.3) is 0 Å². The Morgan fingerprint density at radius 2 is 2.00 bits per heavy atom. The molecule has 0 aliphatic rings. The maximum atomic E-state index is 6.16. The lowest BCUT2D eigenvalue weighted by atomic mass is 10.0. The maximum Gasteiger partial charge on any atom is 0.0988 e. The number of hydrogen-bond acceptors (Lipinski definition) is 3. The molecule has 0 spiro atoms. The molecule has 1 heterocycles. The largest absolute Gasteiger partial charge is 0.367 e. The summed E-state index contributed by atoms with van der Waals surface area (Å²) in [5, 5.41) is 4.89. The molecule has 0 saturated heterocycles.